The lowest BCUT2D eigenvalue weighted by molar-refractivity contribution is -0.445. The van der Waals surface area contributed by atoms with Crippen molar-refractivity contribution in [2.24, 2.45) is 0 Å². The third kappa shape index (κ3) is 6.85. The number of carbonyl (C=O) groups excluding carboxylic acids is 1. The van der Waals surface area contributed by atoms with Gasteiger partial charge in [0.2, 0.25) is 0 Å². The van der Waals surface area contributed by atoms with Crippen LogP contribution in [0.4, 0.5) is 13.2 Å². The fraction of sp³-hybridized carbons (Fsp3) is 0.727. The molecule has 0 amide bonds. The van der Waals surface area contributed by atoms with Crippen LogP contribution in [0.25, 0.3) is 0 Å². The number of unbranched alkanes of at least 4 members (excludes halogenated alkanes) is 2. The number of hydrogen-bond acceptors (Lipinski definition) is 6. The van der Waals surface area contributed by atoms with Gasteiger partial charge in [0.1, 0.15) is 0 Å². The Labute approximate surface area is 113 Å². The zero-order chi connectivity index (χ0) is 16.0. The fourth-order valence-electron chi connectivity index (χ4n) is 1.30. The lowest BCUT2D eigenvalue weighted by Gasteiger charge is -2.33. The van der Waals surface area contributed by atoms with E-state index in [9.17, 15) is 38.4 Å². The number of alkyl halides is 3. The molecule has 0 aromatic heterocycles. The molecule has 20 heavy (non-hydrogen) atoms. The summed E-state index contributed by atoms with van der Waals surface area (Å²) in [5, 5.41) is 37.2. The minimum absolute atomic E-state index is 0.0200. The molecule has 0 radical (unpaired) electrons. The van der Waals surface area contributed by atoms with E-state index in [1.54, 1.807) is 0 Å². The summed E-state index contributed by atoms with van der Waals surface area (Å²) < 4.78 is 39.5. The van der Waals surface area contributed by atoms with E-state index >= 15 is 0 Å². The lowest BCUT2D eigenvalue weighted by Crippen LogP contribution is -2.57. The van der Waals surface area contributed by atoms with E-state index in [0.717, 1.165) is 0 Å². The van der Waals surface area contributed by atoms with Gasteiger partial charge in [-0.2, -0.15) is 13.2 Å². The second-order valence-electron chi connectivity index (χ2n) is 4.23. The van der Waals surface area contributed by atoms with E-state index in [1.165, 1.54) is 0 Å². The molecule has 4 N–H and O–H groups in total. The predicted molar refractivity (Wildman–Crippen MR) is 59.8 cm³/mol. The Hall–Kier alpha value is -1.16. The van der Waals surface area contributed by atoms with Crippen LogP contribution >= 0.6 is 0 Å². The molecule has 0 saturated heterocycles. The van der Waals surface area contributed by atoms with Gasteiger partial charge >= 0.3 is 18.1 Å². The lowest BCUT2D eigenvalue weighted by atomic mass is 10.0. The van der Waals surface area contributed by atoms with E-state index < -0.39 is 36.7 Å². The highest BCUT2D eigenvalue weighted by molar-refractivity contribution is 5.81. The van der Waals surface area contributed by atoms with Crippen LogP contribution in [0, 0.1) is 0 Å². The number of carbonyl (C=O) groups is 1. The monoisotopic (exact) mass is 302 g/mol. The Morgan fingerprint density at radius 1 is 1.05 bits per heavy atom. The first-order chi connectivity index (χ1) is 8.91. The highest BCUT2D eigenvalue weighted by Crippen LogP contribution is 2.27. The van der Waals surface area contributed by atoms with Crippen molar-refractivity contribution in [3.8, 4) is 0 Å². The van der Waals surface area contributed by atoms with E-state index in [4.69, 9.17) is 0 Å². The quantitative estimate of drug-likeness (QED) is 0.226. The molecule has 0 aliphatic carbocycles. The third-order valence-corrected chi connectivity index (χ3v) is 2.42. The van der Waals surface area contributed by atoms with Crippen molar-refractivity contribution in [3.05, 3.63) is 12.7 Å². The molecule has 0 bridgehead atoms. The topological polar surface area (TPSA) is 107 Å². The SMILES string of the molecule is C=CC(=O)OC(O)(O)C(O)(O)CCCCCC(F)(F)F. The smallest absolute Gasteiger partial charge is 0.389 e. The van der Waals surface area contributed by atoms with Crippen LogP contribution in [0.5, 0.6) is 0 Å². The first kappa shape index (κ1) is 18.8. The zero-order valence-electron chi connectivity index (χ0n) is 10.6. The predicted octanol–water partition coefficient (Wildman–Crippen LogP) is 0.548. The summed E-state index contributed by atoms with van der Waals surface area (Å²) in [7, 11) is 0. The van der Waals surface area contributed by atoms with Gasteiger partial charge in [-0.25, -0.2) is 4.79 Å². The van der Waals surface area contributed by atoms with Crippen LogP contribution in [-0.4, -0.2) is 44.3 Å². The second-order valence-corrected chi connectivity index (χ2v) is 4.23. The Morgan fingerprint density at radius 2 is 1.55 bits per heavy atom. The van der Waals surface area contributed by atoms with E-state index in [2.05, 4.69) is 11.3 Å². The molecule has 0 heterocycles. The summed E-state index contributed by atoms with van der Waals surface area (Å²) in [5.74, 6) is -8.09. The van der Waals surface area contributed by atoms with E-state index in [1.807, 2.05) is 0 Å². The van der Waals surface area contributed by atoms with Gasteiger partial charge in [-0.3, -0.25) is 0 Å². The molecule has 0 fully saturated rings. The molecule has 118 valence electrons. The van der Waals surface area contributed by atoms with Crippen molar-refractivity contribution in [1.29, 1.82) is 0 Å². The highest BCUT2D eigenvalue weighted by Gasteiger charge is 2.50. The Bertz CT molecular complexity index is 338. The molecular formula is C11H17F3O6. The van der Waals surface area contributed by atoms with Gasteiger partial charge in [-0.05, 0) is 12.8 Å². The average molecular weight is 302 g/mol. The molecule has 0 aliphatic heterocycles. The molecule has 9 heteroatoms. The van der Waals surface area contributed by atoms with Gasteiger partial charge in [-0.15, -0.1) is 0 Å². The molecule has 0 spiro atoms. The normalized spacial score (nSPS) is 13.2. The highest BCUT2D eigenvalue weighted by atomic mass is 19.4. The van der Waals surface area contributed by atoms with Crippen LogP contribution in [0.1, 0.15) is 32.1 Å². The van der Waals surface area contributed by atoms with Crippen molar-refractivity contribution in [2.75, 3.05) is 0 Å². The van der Waals surface area contributed by atoms with Crippen molar-refractivity contribution in [3.63, 3.8) is 0 Å². The number of hydrogen-bond donors (Lipinski definition) is 4. The van der Waals surface area contributed by atoms with Gasteiger partial charge in [0.05, 0.1) is 0 Å². The zero-order valence-corrected chi connectivity index (χ0v) is 10.6. The molecule has 0 atom stereocenters. The van der Waals surface area contributed by atoms with Gasteiger partial charge in [0.15, 0.2) is 0 Å². The van der Waals surface area contributed by atoms with Crippen molar-refractivity contribution in [2.45, 2.75) is 50.0 Å². The summed E-state index contributed by atoms with van der Waals surface area (Å²) in [6.45, 7) is 2.97. The molecule has 0 aromatic carbocycles. The maximum Gasteiger partial charge on any atom is 0.389 e. The van der Waals surface area contributed by atoms with Crippen molar-refractivity contribution >= 4 is 5.97 Å². The molecule has 0 saturated carbocycles. The first-order valence-corrected chi connectivity index (χ1v) is 5.73. The van der Waals surface area contributed by atoms with Crippen LogP contribution in [0.2, 0.25) is 0 Å². The van der Waals surface area contributed by atoms with E-state index in [-0.39, 0.29) is 19.3 Å². The van der Waals surface area contributed by atoms with Crippen LogP contribution in [0.3, 0.4) is 0 Å². The summed E-state index contributed by atoms with van der Waals surface area (Å²) >= 11 is 0. The number of esters is 1. The molecule has 0 unspecified atom stereocenters. The second kappa shape index (κ2) is 7.02. The number of halogens is 3. The standard InChI is InChI=1S/C11H17F3O6/c1-2-8(15)20-11(18,19)9(16,17)6-4-3-5-7-10(12,13)14/h2,16-19H,1,3-7H2. The molecule has 0 aliphatic rings. The van der Waals surface area contributed by atoms with E-state index in [0.29, 0.717) is 6.08 Å². The summed E-state index contributed by atoms with van der Waals surface area (Å²) in [6.07, 6.45) is -5.84. The summed E-state index contributed by atoms with van der Waals surface area (Å²) in [5.41, 5.74) is 0. The van der Waals surface area contributed by atoms with Gasteiger partial charge in [0, 0.05) is 18.9 Å². The minimum atomic E-state index is -4.30. The molecule has 0 aromatic rings. The van der Waals surface area contributed by atoms with Crippen LogP contribution < -0.4 is 0 Å². The third-order valence-electron chi connectivity index (χ3n) is 2.42. The maximum absolute atomic E-state index is 11.8. The molecule has 0 rings (SSSR count). The Kier molecular flexibility index (Phi) is 6.62. The molecular weight excluding hydrogens is 285 g/mol. The van der Waals surface area contributed by atoms with Gasteiger partial charge in [0.25, 0.3) is 5.79 Å². The van der Waals surface area contributed by atoms with Crippen LogP contribution in [0.15, 0.2) is 12.7 Å². The first-order valence-electron chi connectivity index (χ1n) is 5.73. The summed E-state index contributed by atoms with van der Waals surface area (Å²) in [6, 6.07) is 0. The van der Waals surface area contributed by atoms with Crippen molar-refractivity contribution < 1.29 is 43.1 Å². The minimum Gasteiger partial charge on any atom is -0.400 e. The number of rotatable bonds is 8. The van der Waals surface area contributed by atoms with Gasteiger partial charge in [-0.1, -0.05) is 13.0 Å². The molecule has 6 nitrogen and oxygen atoms in total. The van der Waals surface area contributed by atoms with Crippen LogP contribution in [-0.2, 0) is 9.53 Å². The van der Waals surface area contributed by atoms with Crippen molar-refractivity contribution in [1.82, 2.24) is 0 Å². The number of ether oxygens (including phenoxy) is 1. The Balaban J connectivity index is 4.23. The number of aliphatic hydroxyl groups is 4. The average Bonchev–Trinajstić information content (AvgIpc) is 2.25. The summed E-state index contributed by atoms with van der Waals surface area (Å²) in [4.78, 5) is 10.8. The maximum atomic E-state index is 11.8. The Morgan fingerprint density at radius 3 is 2.00 bits per heavy atom. The fourth-order valence-corrected chi connectivity index (χ4v) is 1.30. The van der Waals surface area contributed by atoms with Gasteiger partial charge < -0.3 is 25.2 Å². The largest absolute Gasteiger partial charge is 0.400 e.